The zero-order chi connectivity index (χ0) is 17.3. The molecule has 2 aliphatic heterocycles. The number of carbonyl (C=O) groups excluding carboxylic acids is 1. The molecule has 3 rings (SSSR count). The van der Waals surface area contributed by atoms with Gasteiger partial charge >= 0.3 is 0 Å². The lowest BCUT2D eigenvalue weighted by Gasteiger charge is -2.44. The van der Waals surface area contributed by atoms with Crippen LogP contribution in [0.1, 0.15) is 0 Å². The predicted octanol–water partition coefficient (Wildman–Crippen LogP) is -0.535. The van der Waals surface area contributed by atoms with E-state index in [2.05, 4.69) is 10.3 Å². The molecule has 5 N–H and O–H groups in total. The minimum Gasteiger partial charge on any atom is -0.394 e. The molecule has 0 aliphatic carbocycles. The maximum absolute atomic E-state index is 12.4. The second-order valence-corrected chi connectivity index (χ2v) is 8.07. The van der Waals surface area contributed by atoms with Crippen LogP contribution in [-0.4, -0.2) is 72.2 Å². The molecular weight excluding hydrogens is 352 g/mol. The van der Waals surface area contributed by atoms with Crippen molar-refractivity contribution in [2.45, 2.75) is 34.1 Å². The number of aliphatic imine (C=N–C) groups is 1. The molecule has 1 aromatic carbocycles. The number of fused-ring (bicyclic) bond motifs is 1. The minimum absolute atomic E-state index is 0.334. The van der Waals surface area contributed by atoms with Crippen molar-refractivity contribution in [2.24, 2.45) is 4.99 Å². The summed E-state index contributed by atoms with van der Waals surface area (Å²) in [5.41, 5.74) is 0.672. The molecule has 130 valence electrons. The van der Waals surface area contributed by atoms with Crippen LogP contribution in [0.2, 0.25) is 0 Å². The van der Waals surface area contributed by atoms with Gasteiger partial charge in [0.15, 0.2) is 5.17 Å². The molecule has 2 aliphatic rings. The fourth-order valence-electron chi connectivity index (χ4n) is 2.67. The van der Waals surface area contributed by atoms with E-state index in [9.17, 15) is 20.1 Å². The molecular formula is C15H18N2O5S2. The fourth-order valence-corrected chi connectivity index (χ4v) is 5.58. The van der Waals surface area contributed by atoms with E-state index in [0.717, 1.165) is 11.8 Å². The number of para-hydroxylation sites is 1. The van der Waals surface area contributed by atoms with E-state index >= 15 is 0 Å². The van der Waals surface area contributed by atoms with Gasteiger partial charge in [0.2, 0.25) is 5.91 Å². The number of hydrogen-bond donors (Lipinski definition) is 5. The van der Waals surface area contributed by atoms with Gasteiger partial charge in [0.1, 0.15) is 0 Å². The first-order chi connectivity index (χ1) is 11.5. The Bertz CT molecular complexity index is 630. The largest absolute Gasteiger partial charge is 0.394 e. The van der Waals surface area contributed by atoms with Gasteiger partial charge in [0, 0.05) is 0 Å². The van der Waals surface area contributed by atoms with Gasteiger partial charge in [-0.05, 0) is 12.1 Å². The maximum atomic E-state index is 12.4. The van der Waals surface area contributed by atoms with Crippen molar-refractivity contribution in [2.75, 3.05) is 6.61 Å². The summed E-state index contributed by atoms with van der Waals surface area (Å²) in [7, 11) is 0. The van der Waals surface area contributed by atoms with Crippen LogP contribution in [0.4, 0.5) is 5.69 Å². The van der Waals surface area contributed by atoms with Gasteiger partial charge in [0.25, 0.3) is 0 Å². The molecule has 0 bridgehead atoms. The number of amidine groups is 1. The first kappa shape index (κ1) is 17.7. The maximum Gasteiger partial charge on any atom is 0.240 e. The highest BCUT2D eigenvalue weighted by Crippen LogP contribution is 2.42. The zero-order valence-corrected chi connectivity index (χ0v) is 14.2. The summed E-state index contributed by atoms with van der Waals surface area (Å²) in [6, 6.07) is 9.10. The Labute approximate surface area is 147 Å². The van der Waals surface area contributed by atoms with Crippen LogP contribution < -0.4 is 5.32 Å². The monoisotopic (exact) mass is 370 g/mol. The average molecular weight is 370 g/mol. The number of rotatable bonds is 3. The summed E-state index contributed by atoms with van der Waals surface area (Å²) in [4.78, 5) is 16.7. The molecule has 24 heavy (non-hydrogen) atoms. The number of thioether (sulfide) groups is 2. The molecule has 1 amide bonds. The highest BCUT2D eigenvalue weighted by atomic mass is 32.2. The van der Waals surface area contributed by atoms with E-state index in [4.69, 9.17) is 5.11 Å². The van der Waals surface area contributed by atoms with Crippen LogP contribution in [0.5, 0.6) is 0 Å². The molecule has 0 aromatic heterocycles. The van der Waals surface area contributed by atoms with Crippen molar-refractivity contribution in [1.82, 2.24) is 5.32 Å². The molecule has 0 saturated carbocycles. The lowest BCUT2D eigenvalue weighted by Crippen LogP contribution is -2.62. The number of amides is 1. The topological polar surface area (TPSA) is 122 Å². The van der Waals surface area contributed by atoms with Crippen LogP contribution in [0, 0.1) is 0 Å². The third-order valence-corrected chi connectivity index (χ3v) is 7.03. The Hall–Kier alpha value is -1.10. The van der Waals surface area contributed by atoms with Gasteiger partial charge in [-0.1, -0.05) is 30.0 Å². The van der Waals surface area contributed by atoms with Crippen molar-refractivity contribution in [3.05, 3.63) is 30.3 Å². The molecule has 2 saturated heterocycles. The van der Waals surface area contributed by atoms with Crippen molar-refractivity contribution >= 4 is 40.3 Å². The van der Waals surface area contributed by atoms with Crippen molar-refractivity contribution in [3.8, 4) is 0 Å². The zero-order valence-electron chi connectivity index (χ0n) is 12.5. The van der Waals surface area contributed by atoms with E-state index in [-0.39, 0.29) is 5.91 Å². The van der Waals surface area contributed by atoms with Gasteiger partial charge in [-0.15, -0.1) is 11.8 Å². The van der Waals surface area contributed by atoms with E-state index in [1.165, 1.54) is 11.8 Å². The third kappa shape index (κ3) is 3.46. The van der Waals surface area contributed by atoms with Gasteiger partial charge in [-0.3, -0.25) is 4.79 Å². The highest BCUT2D eigenvalue weighted by molar-refractivity contribution is 8.15. The molecule has 7 nitrogen and oxygen atoms in total. The Morgan fingerprint density at radius 2 is 1.92 bits per heavy atom. The molecule has 0 unspecified atom stereocenters. The fraction of sp³-hybridized carbons (Fsp3) is 0.467. The summed E-state index contributed by atoms with van der Waals surface area (Å²) in [5, 5.41) is 40.5. The first-order valence-electron chi connectivity index (χ1n) is 7.43. The van der Waals surface area contributed by atoms with Gasteiger partial charge in [-0.25, -0.2) is 4.99 Å². The van der Waals surface area contributed by atoms with Crippen LogP contribution in [0.25, 0.3) is 0 Å². The number of benzene rings is 1. The first-order valence-corrected chi connectivity index (χ1v) is 9.25. The minimum atomic E-state index is -1.24. The summed E-state index contributed by atoms with van der Waals surface area (Å²) >= 11 is 2.26. The van der Waals surface area contributed by atoms with Gasteiger partial charge < -0.3 is 25.7 Å². The third-order valence-electron chi connectivity index (χ3n) is 3.91. The molecule has 0 spiro atoms. The SMILES string of the molecule is O=C1NC(=Nc2ccccc2)S[C@H]2[C@@H](O)[C@H](O)[C@@H]([C@@H](O)CO)S[C@@H]12. The number of aliphatic hydroxyl groups is 4. The lowest BCUT2D eigenvalue weighted by molar-refractivity contribution is -0.120. The predicted molar refractivity (Wildman–Crippen MR) is 93.3 cm³/mol. The van der Waals surface area contributed by atoms with Crippen LogP contribution in [0.3, 0.4) is 0 Å². The summed E-state index contributed by atoms with van der Waals surface area (Å²) in [5.74, 6) is -0.334. The molecule has 0 radical (unpaired) electrons. The number of aliphatic hydroxyl groups excluding tert-OH is 4. The van der Waals surface area contributed by atoms with E-state index in [1.54, 1.807) is 12.1 Å². The van der Waals surface area contributed by atoms with Gasteiger partial charge in [0.05, 0.1) is 46.4 Å². The van der Waals surface area contributed by atoms with Crippen LogP contribution in [0.15, 0.2) is 35.3 Å². The lowest BCUT2D eigenvalue weighted by atomic mass is 10.00. The summed E-state index contributed by atoms with van der Waals surface area (Å²) in [6.07, 6.45) is -3.66. The molecule has 1 aromatic rings. The van der Waals surface area contributed by atoms with Crippen LogP contribution >= 0.6 is 23.5 Å². The quantitative estimate of drug-likeness (QED) is 0.484. The number of nitrogens with zero attached hydrogens (tertiary/aromatic N) is 1. The molecule has 2 fully saturated rings. The van der Waals surface area contributed by atoms with Gasteiger partial charge in [-0.2, -0.15) is 0 Å². The van der Waals surface area contributed by atoms with E-state index < -0.39 is 40.7 Å². The average Bonchev–Trinajstić information content (AvgIpc) is 2.59. The smallest absolute Gasteiger partial charge is 0.240 e. The number of hydrogen-bond acceptors (Lipinski definition) is 8. The normalized spacial score (nSPS) is 36.1. The number of carbonyl (C=O) groups is 1. The summed E-state index contributed by atoms with van der Waals surface area (Å²) in [6.45, 7) is -0.547. The Morgan fingerprint density at radius 1 is 1.21 bits per heavy atom. The molecule has 9 heteroatoms. The Morgan fingerprint density at radius 3 is 2.58 bits per heavy atom. The highest BCUT2D eigenvalue weighted by Gasteiger charge is 2.51. The van der Waals surface area contributed by atoms with Crippen molar-refractivity contribution in [1.29, 1.82) is 0 Å². The van der Waals surface area contributed by atoms with Crippen molar-refractivity contribution in [3.63, 3.8) is 0 Å². The molecule has 6 atom stereocenters. The van der Waals surface area contributed by atoms with Crippen LogP contribution in [-0.2, 0) is 4.79 Å². The Kier molecular flexibility index (Phi) is 5.48. The van der Waals surface area contributed by atoms with E-state index in [1.807, 2.05) is 18.2 Å². The molecule has 2 heterocycles. The van der Waals surface area contributed by atoms with Crippen molar-refractivity contribution < 1.29 is 25.2 Å². The van der Waals surface area contributed by atoms with E-state index in [0.29, 0.717) is 10.9 Å². The second kappa shape index (κ2) is 7.42. The summed E-state index contributed by atoms with van der Waals surface area (Å²) < 4.78 is 0. The number of nitrogens with one attached hydrogen (secondary N) is 1. The Balaban J connectivity index is 1.81. The second-order valence-electron chi connectivity index (χ2n) is 5.58. The standard InChI is InChI=1S/C15H18N2O5S2/c18-6-8(19)11-9(20)10(21)12-13(23-11)14(22)17-15(24-12)16-7-4-2-1-3-5-7/h1-5,8-13,18-21H,6H2,(H,16,17,22)/t8-,9-,10-,11+,12-,13+/m0/s1.